The van der Waals surface area contributed by atoms with Crippen LogP contribution >= 0.6 is 0 Å². The summed E-state index contributed by atoms with van der Waals surface area (Å²) in [5, 5.41) is 44.4. The van der Waals surface area contributed by atoms with Crippen LogP contribution < -0.4 is 0 Å². The van der Waals surface area contributed by atoms with Crippen molar-refractivity contribution < 1.29 is 29.9 Å². The third kappa shape index (κ3) is 3.73. The standard InChI is InChI=1S/C33H52O6/c1-17-19-8-11-32(5)20-9-13-33(28(37)26-24(35)25(36)27-29(38-26)39-27)15-14-30(2,3)16-21(33)18(20)6-7-23(32)31(19,4)12-10-22(17)34/h6,17,19-29,34-37H,7-16H2,1-5H3. The van der Waals surface area contributed by atoms with Crippen LogP contribution in [0.4, 0.5) is 0 Å². The first kappa shape index (κ1) is 27.3. The number of hydrogen-bond donors (Lipinski definition) is 4. The predicted octanol–water partition coefficient (Wildman–Crippen LogP) is 4.58. The molecule has 7 aliphatic rings. The molecule has 2 saturated heterocycles. The molecular formula is C33H52O6. The number of rotatable bonds is 2. The van der Waals surface area contributed by atoms with Gasteiger partial charge in [0, 0.05) is 5.41 Å². The van der Waals surface area contributed by atoms with Gasteiger partial charge in [-0.1, -0.05) is 46.3 Å². The van der Waals surface area contributed by atoms with Crippen molar-refractivity contribution >= 4 is 0 Å². The van der Waals surface area contributed by atoms with E-state index in [1.165, 1.54) is 12.8 Å². The minimum atomic E-state index is -1.13. The summed E-state index contributed by atoms with van der Waals surface area (Å²) in [6, 6.07) is 0. The summed E-state index contributed by atoms with van der Waals surface area (Å²) in [5.41, 5.74) is 1.93. The summed E-state index contributed by atoms with van der Waals surface area (Å²) in [6.07, 6.45) is 8.28. The van der Waals surface area contributed by atoms with Crippen LogP contribution in [0.3, 0.4) is 0 Å². The van der Waals surface area contributed by atoms with E-state index in [4.69, 9.17) is 9.47 Å². The second-order valence-electron chi connectivity index (χ2n) is 16.4. The van der Waals surface area contributed by atoms with Gasteiger partial charge in [-0.05, 0) is 110 Å². The Labute approximate surface area is 234 Å². The van der Waals surface area contributed by atoms with Gasteiger partial charge in [-0.3, -0.25) is 0 Å². The lowest BCUT2D eigenvalue weighted by Crippen LogP contribution is -2.63. The molecule has 220 valence electrons. The van der Waals surface area contributed by atoms with E-state index in [0.29, 0.717) is 23.7 Å². The zero-order valence-electron chi connectivity index (χ0n) is 24.7. The Hall–Kier alpha value is -0.500. The van der Waals surface area contributed by atoms with Gasteiger partial charge in [-0.25, -0.2) is 0 Å². The van der Waals surface area contributed by atoms with E-state index in [-0.39, 0.29) is 33.7 Å². The van der Waals surface area contributed by atoms with E-state index in [1.54, 1.807) is 5.57 Å². The SMILES string of the molecule is CC1C(O)CCC2(C)C1CCC1(C)C3CCC4(C(O)C5OC6OC6C(O)C5O)CCC(C)(C)CC4C3=CCC12. The van der Waals surface area contributed by atoms with E-state index in [9.17, 15) is 20.4 Å². The van der Waals surface area contributed by atoms with Crippen molar-refractivity contribution in [2.24, 2.45) is 51.2 Å². The minimum absolute atomic E-state index is 0.157. The third-order valence-electron chi connectivity index (χ3n) is 14.2. The Kier molecular flexibility index (Phi) is 6.14. The first-order valence-electron chi connectivity index (χ1n) is 16.1. The number of allylic oxidation sites excluding steroid dienone is 2. The lowest BCUT2D eigenvalue weighted by atomic mass is 9.38. The van der Waals surface area contributed by atoms with Gasteiger partial charge >= 0.3 is 0 Å². The van der Waals surface area contributed by atoms with Crippen molar-refractivity contribution in [3.05, 3.63) is 11.6 Å². The number of hydrogen-bond acceptors (Lipinski definition) is 6. The van der Waals surface area contributed by atoms with Gasteiger partial charge in [0.15, 0.2) is 6.29 Å². The highest BCUT2D eigenvalue weighted by atomic mass is 16.8. The minimum Gasteiger partial charge on any atom is -0.393 e. The van der Waals surface area contributed by atoms with E-state index in [1.807, 2.05) is 0 Å². The van der Waals surface area contributed by atoms with Crippen molar-refractivity contribution in [3.63, 3.8) is 0 Å². The highest BCUT2D eigenvalue weighted by Gasteiger charge is 2.66. The zero-order chi connectivity index (χ0) is 27.7. The summed E-state index contributed by atoms with van der Waals surface area (Å²) in [5.74, 6) is 2.38. The van der Waals surface area contributed by atoms with Crippen molar-refractivity contribution in [2.75, 3.05) is 0 Å². The molecule has 0 radical (unpaired) electrons. The van der Waals surface area contributed by atoms with Gasteiger partial charge in [0.25, 0.3) is 0 Å². The fourth-order valence-corrected chi connectivity index (χ4v) is 11.7. The average molecular weight is 545 g/mol. The van der Waals surface area contributed by atoms with Gasteiger partial charge in [0.05, 0.1) is 12.2 Å². The molecule has 0 aromatic carbocycles. The number of ether oxygens (including phenoxy) is 2. The molecule has 5 aliphatic carbocycles. The molecule has 15 unspecified atom stereocenters. The second-order valence-corrected chi connectivity index (χ2v) is 16.4. The molecule has 6 fully saturated rings. The Morgan fingerprint density at radius 2 is 1.59 bits per heavy atom. The predicted molar refractivity (Wildman–Crippen MR) is 147 cm³/mol. The first-order valence-corrected chi connectivity index (χ1v) is 16.1. The maximum atomic E-state index is 12.1. The van der Waals surface area contributed by atoms with Crippen molar-refractivity contribution in [2.45, 2.75) is 142 Å². The van der Waals surface area contributed by atoms with Gasteiger partial charge in [-0.2, -0.15) is 0 Å². The molecule has 4 N–H and O–H groups in total. The topological polar surface area (TPSA) is 103 Å². The maximum absolute atomic E-state index is 12.1. The van der Waals surface area contributed by atoms with E-state index >= 15 is 0 Å². The van der Waals surface area contributed by atoms with Crippen LogP contribution in [0.15, 0.2) is 11.6 Å². The smallest absolute Gasteiger partial charge is 0.187 e. The zero-order valence-corrected chi connectivity index (χ0v) is 24.7. The Morgan fingerprint density at radius 3 is 2.36 bits per heavy atom. The van der Waals surface area contributed by atoms with Crippen molar-refractivity contribution in [1.29, 1.82) is 0 Å². The molecule has 0 aromatic heterocycles. The number of epoxide rings is 1. The normalized spacial score (nSPS) is 58.5. The van der Waals surface area contributed by atoms with Crippen LogP contribution in [-0.4, -0.2) is 63.3 Å². The van der Waals surface area contributed by atoms with E-state index in [0.717, 1.165) is 51.4 Å². The molecule has 4 saturated carbocycles. The molecule has 15 atom stereocenters. The molecule has 39 heavy (non-hydrogen) atoms. The lowest BCUT2D eigenvalue weighted by Gasteiger charge is -2.67. The van der Waals surface area contributed by atoms with Crippen molar-refractivity contribution in [3.8, 4) is 0 Å². The molecule has 7 rings (SSSR count). The average Bonchev–Trinajstić information content (AvgIpc) is 3.67. The molecule has 0 aromatic rings. The molecular weight excluding hydrogens is 492 g/mol. The third-order valence-corrected chi connectivity index (χ3v) is 14.2. The Morgan fingerprint density at radius 1 is 0.846 bits per heavy atom. The van der Waals surface area contributed by atoms with Gasteiger partial charge in [-0.15, -0.1) is 0 Å². The summed E-state index contributed by atoms with van der Waals surface area (Å²) in [7, 11) is 0. The van der Waals surface area contributed by atoms with Crippen molar-refractivity contribution in [1.82, 2.24) is 0 Å². The molecule has 2 heterocycles. The van der Waals surface area contributed by atoms with Crippen LogP contribution in [0.5, 0.6) is 0 Å². The first-order chi connectivity index (χ1) is 18.3. The fraction of sp³-hybridized carbons (Fsp3) is 0.939. The van der Waals surface area contributed by atoms with Crippen LogP contribution in [-0.2, 0) is 9.47 Å². The van der Waals surface area contributed by atoms with E-state index < -0.39 is 36.8 Å². The van der Waals surface area contributed by atoms with Gasteiger partial charge in [0.1, 0.15) is 24.4 Å². The number of aliphatic hydroxyl groups is 4. The molecule has 2 aliphatic heterocycles. The summed E-state index contributed by atoms with van der Waals surface area (Å²) in [4.78, 5) is 0. The molecule has 0 bridgehead atoms. The molecule has 6 heteroatoms. The Bertz CT molecular complexity index is 1030. The van der Waals surface area contributed by atoms with Gasteiger partial charge in [0.2, 0.25) is 0 Å². The van der Waals surface area contributed by atoms with Crippen LogP contribution in [0, 0.1) is 51.2 Å². The quantitative estimate of drug-likeness (QED) is 0.300. The Balaban J connectivity index is 1.24. The fourth-order valence-electron chi connectivity index (χ4n) is 11.7. The summed E-state index contributed by atoms with van der Waals surface area (Å²) < 4.78 is 11.5. The summed E-state index contributed by atoms with van der Waals surface area (Å²) >= 11 is 0. The van der Waals surface area contributed by atoms with Gasteiger partial charge < -0.3 is 29.9 Å². The van der Waals surface area contributed by atoms with Crippen LogP contribution in [0.1, 0.15) is 98.8 Å². The molecule has 0 amide bonds. The molecule has 6 nitrogen and oxygen atoms in total. The molecule has 0 spiro atoms. The van der Waals surface area contributed by atoms with E-state index in [2.05, 4.69) is 40.7 Å². The monoisotopic (exact) mass is 544 g/mol. The maximum Gasteiger partial charge on any atom is 0.187 e. The highest BCUT2D eigenvalue weighted by molar-refractivity contribution is 5.30. The van der Waals surface area contributed by atoms with Crippen LogP contribution in [0.2, 0.25) is 0 Å². The number of fused-ring (bicyclic) bond motifs is 8. The largest absolute Gasteiger partial charge is 0.393 e. The number of aliphatic hydroxyl groups excluding tert-OH is 4. The second kappa shape index (κ2) is 8.76. The van der Waals surface area contributed by atoms with Crippen LogP contribution in [0.25, 0.3) is 0 Å². The highest BCUT2D eigenvalue weighted by Crippen LogP contribution is 2.71. The summed E-state index contributed by atoms with van der Waals surface area (Å²) in [6.45, 7) is 12.2. The lowest BCUT2D eigenvalue weighted by molar-refractivity contribution is -0.217.